The Morgan fingerprint density at radius 3 is 2.24 bits per heavy atom. The van der Waals surface area contributed by atoms with Crippen molar-refractivity contribution in [2.45, 2.75) is 11.4 Å². The van der Waals surface area contributed by atoms with Crippen LogP contribution in [0.5, 0.6) is 5.75 Å². The highest BCUT2D eigenvalue weighted by atomic mass is 32.2. The van der Waals surface area contributed by atoms with Crippen molar-refractivity contribution in [3.8, 4) is 5.75 Å². The summed E-state index contributed by atoms with van der Waals surface area (Å²) in [6.45, 7) is 0.267. The van der Waals surface area contributed by atoms with Gasteiger partial charge in [-0.2, -0.15) is 8.42 Å². The lowest BCUT2D eigenvalue weighted by Crippen LogP contribution is -2.37. The highest BCUT2D eigenvalue weighted by Crippen LogP contribution is 2.17. The zero-order valence-corrected chi connectivity index (χ0v) is 14.2. The molecule has 0 fully saturated rings. The molecule has 25 heavy (non-hydrogen) atoms. The molecule has 0 aliphatic rings. The van der Waals surface area contributed by atoms with Crippen LogP contribution in [0.15, 0.2) is 59.5 Å². The van der Waals surface area contributed by atoms with Gasteiger partial charge in [-0.25, -0.2) is 9.00 Å². The van der Waals surface area contributed by atoms with Gasteiger partial charge >= 0.3 is 16.2 Å². The average Bonchev–Trinajstić information content (AvgIpc) is 2.61. The van der Waals surface area contributed by atoms with Crippen molar-refractivity contribution in [3.05, 3.63) is 60.2 Å². The van der Waals surface area contributed by atoms with Crippen LogP contribution in [0.3, 0.4) is 0 Å². The lowest BCUT2D eigenvalue weighted by molar-refractivity contribution is 0.0476. The molecule has 0 saturated heterocycles. The van der Waals surface area contributed by atoms with E-state index in [2.05, 4.69) is 4.28 Å². The van der Waals surface area contributed by atoms with Gasteiger partial charge in [0.1, 0.15) is 5.75 Å². The van der Waals surface area contributed by atoms with Crippen LogP contribution in [0.1, 0.15) is 5.56 Å². The first-order chi connectivity index (χ1) is 11.8. The fourth-order valence-corrected chi connectivity index (χ4v) is 3.08. The van der Waals surface area contributed by atoms with Crippen molar-refractivity contribution >= 4 is 27.5 Å². The van der Waals surface area contributed by atoms with Crippen LogP contribution in [0.4, 0.5) is 4.79 Å². The maximum atomic E-state index is 12.0. The first kappa shape index (κ1) is 19.0. The number of carbonyl (C=O) groups excluding carboxylic acids is 1. The number of hydrogen-bond acceptors (Lipinski definition) is 8. The second-order valence-corrected chi connectivity index (χ2v) is 6.83. The summed E-state index contributed by atoms with van der Waals surface area (Å²) in [5.41, 5.74) is 6.19. The van der Waals surface area contributed by atoms with Crippen LogP contribution in [0.25, 0.3) is 0 Å². The van der Waals surface area contributed by atoms with E-state index < -0.39 is 31.9 Å². The molecular weight excluding hydrogens is 372 g/mol. The molecule has 2 aromatic carbocycles. The molecule has 134 valence electrons. The normalized spacial score (nSPS) is 12.4. The molecule has 0 spiro atoms. The standard InChI is InChI=1S/C14H14N2O7S2/c15-10-11-6-8-12(9-7-11)22-14(17)16(24(18)19)23-25(20,21)13-4-2-1-3-5-13/h1-9H,10,15H2,(H,18,19)/p-1. The molecule has 0 radical (unpaired) electrons. The molecule has 0 bridgehead atoms. The van der Waals surface area contributed by atoms with E-state index in [-0.39, 0.29) is 17.2 Å². The summed E-state index contributed by atoms with van der Waals surface area (Å²) >= 11 is -3.35. The highest BCUT2D eigenvalue weighted by molar-refractivity contribution is 7.87. The van der Waals surface area contributed by atoms with Crippen molar-refractivity contribution < 1.29 is 31.0 Å². The molecule has 11 heteroatoms. The van der Waals surface area contributed by atoms with E-state index in [0.29, 0.717) is 0 Å². The topological polar surface area (TPSA) is 139 Å². The fraction of sp³-hybridized carbons (Fsp3) is 0.0714. The summed E-state index contributed by atoms with van der Waals surface area (Å²) in [5, 5.41) is 0. The first-order valence-electron chi connectivity index (χ1n) is 6.73. The number of nitrogens with zero attached hydrogens (tertiary/aromatic N) is 1. The van der Waals surface area contributed by atoms with E-state index in [1.54, 1.807) is 18.2 Å². The second kappa shape index (κ2) is 8.18. The lowest BCUT2D eigenvalue weighted by atomic mass is 10.2. The van der Waals surface area contributed by atoms with E-state index in [1.807, 2.05) is 0 Å². The lowest BCUT2D eigenvalue weighted by Gasteiger charge is -2.21. The van der Waals surface area contributed by atoms with Gasteiger partial charge in [-0.3, -0.25) is 0 Å². The minimum atomic E-state index is -4.54. The third-order valence-electron chi connectivity index (χ3n) is 2.85. The van der Waals surface area contributed by atoms with Crippen LogP contribution in [-0.2, 0) is 32.2 Å². The second-order valence-electron chi connectivity index (χ2n) is 4.53. The van der Waals surface area contributed by atoms with Crippen LogP contribution < -0.4 is 10.5 Å². The zero-order valence-electron chi connectivity index (χ0n) is 12.6. The number of hydrogen-bond donors (Lipinski definition) is 1. The third-order valence-corrected chi connectivity index (χ3v) is 4.63. The van der Waals surface area contributed by atoms with Gasteiger partial charge in [-0.05, 0) is 29.8 Å². The van der Waals surface area contributed by atoms with Gasteiger partial charge < -0.3 is 15.0 Å². The first-order valence-corrected chi connectivity index (χ1v) is 9.17. The Labute approximate surface area is 146 Å². The van der Waals surface area contributed by atoms with E-state index in [1.165, 1.54) is 36.4 Å². The molecule has 1 unspecified atom stereocenters. The van der Waals surface area contributed by atoms with Gasteiger partial charge in [0.15, 0.2) is 0 Å². The smallest absolute Gasteiger partial charge is 0.452 e. The molecule has 2 aromatic rings. The van der Waals surface area contributed by atoms with E-state index in [9.17, 15) is 22.0 Å². The summed E-state index contributed by atoms with van der Waals surface area (Å²) in [4.78, 5) is 11.6. The van der Waals surface area contributed by atoms with Crippen LogP contribution in [0, 0.1) is 0 Å². The molecule has 1 amide bonds. The zero-order chi connectivity index (χ0) is 18.4. The Hall–Kier alpha value is -2.31. The molecule has 0 aromatic heterocycles. The van der Waals surface area contributed by atoms with Crippen molar-refractivity contribution in [2.75, 3.05) is 0 Å². The number of carbonyl (C=O) groups is 1. The van der Waals surface area contributed by atoms with Crippen molar-refractivity contribution in [3.63, 3.8) is 0 Å². The van der Waals surface area contributed by atoms with Gasteiger partial charge in [0.2, 0.25) is 0 Å². The summed E-state index contributed by atoms with van der Waals surface area (Å²) in [7, 11) is -4.54. The molecule has 0 heterocycles. The Balaban J connectivity index is 2.16. The van der Waals surface area contributed by atoms with Gasteiger partial charge in [0.25, 0.3) is 0 Å². The Kier molecular flexibility index (Phi) is 6.22. The number of hydroxylamine groups is 1. The monoisotopic (exact) mass is 385 g/mol. The molecule has 0 aliphatic carbocycles. The van der Waals surface area contributed by atoms with Gasteiger partial charge in [-0.15, -0.1) is 4.28 Å². The molecule has 0 saturated carbocycles. The van der Waals surface area contributed by atoms with Crippen molar-refractivity contribution in [2.24, 2.45) is 5.73 Å². The predicted molar refractivity (Wildman–Crippen MR) is 85.8 cm³/mol. The van der Waals surface area contributed by atoms with E-state index >= 15 is 0 Å². The Bertz CT molecular complexity index is 855. The minimum Gasteiger partial charge on any atom is -0.753 e. The van der Waals surface area contributed by atoms with Crippen molar-refractivity contribution in [1.82, 2.24) is 4.47 Å². The highest BCUT2D eigenvalue weighted by Gasteiger charge is 2.27. The summed E-state index contributed by atoms with van der Waals surface area (Å²) in [5.74, 6) is -0.0154. The number of nitrogens with two attached hydrogens (primary N) is 1. The Morgan fingerprint density at radius 1 is 1.12 bits per heavy atom. The molecule has 1 atom stereocenters. The quantitative estimate of drug-likeness (QED) is 0.575. The fourth-order valence-electron chi connectivity index (χ4n) is 1.67. The van der Waals surface area contributed by atoms with Crippen molar-refractivity contribution in [1.29, 1.82) is 0 Å². The number of amides is 1. The molecular formula is C14H13N2O7S2-. The number of ether oxygens (including phenoxy) is 1. The summed E-state index contributed by atoms with van der Waals surface area (Å²) in [6, 6.07) is 12.6. The number of benzene rings is 2. The van der Waals surface area contributed by atoms with Gasteiger partial charge in [0, 0.05) is 6.54 Å². The van der Waals surface area contributed by atoms with Crippen LogP contribution in [-0.4, -0.2) is 27.7 Å². The summed E-state index contributed by atoms with van der Waals surface area (Å²) in [6.07, 6.45) is -1.55. The molecule has 9 nitrogen and oxygen atoms in total. The molecule has 2 rings (SSSR count). The molecule has 2 N–H and O–H groups in total. The SMILES string of the molecule is NCc1ccc(OC(=O)N(OS(=O)(=O)c2ccccc2)S(=O)[O-])cc1. The van der Waals surface area contributed by atoms with Crippen LogP contribution >= 0.6 is 0 Å². The largest absolute Gasteiger partial charge is 0.753 e. The Morgan fingerprint density at radius 2 is 1.72 bits per heavy atom. The average molecular weight is 385 g/mol. The van der Waals surface area contributed by atoms with E-state index in [4.69, 9.17) is 10.5 Å². The number of rotatable bonds is 6. The van der Waals surface area contributed by atoms with Gasteiger partial charge in [0.05, 0.1) is 16.2 Å². The third kappa shape index (κ3) is 5.08. The summed E-state index contributed by atoms with van der Waals surface area (Å²) < 4.78 is 55.1. The van der Waals surface area contributed by atoms with Gasteiger partial charge in [-0.1, -0.05) is 34.8 Å². The maximum absolute atomic E-state index is 12.0. The van der Waals surface area contributed by atoms with E-state index in [0.717, 1.165) is 5.56 Å². The minimum absolute atomic E-state index is 0.0154. The maximum Gasteiger partial charge on any atom is 0.452 e. The van der Waals surface area contributed by atoms with Crippen LogP contribution in [0.2, 0.25) is 0 Å². The predicted octanol–water partition coefficient (Wildman–Crippen LogP) is 1.06. The molecule has 0 aliphatic heterocycles.